The molecule has 1 rings (SSSR count). The van der Waals surface area contributed by atoms with Crippen LogP contribution in [0.15, 0.2) is 28.9 Å². The van der Waals surface area contributed by atoms with E-state index in [1.165, 1.54) is 0 Å². The third kappa shape index (κ3) is 3.14. The molecule has 0 spiro atoms. The molecule has 0 bridgehead atoms. The first-order valence-electron chi connectivity index (χ1n) is 3.88. The molecule has 1 heterocycles. The number of allylic oxidation sites excluding steroid dienone is 2. The molecule has 0 saturated heterocycles. The molecule has 64 valence electrons. The van der Waals surface area contributed by atoms with E-state index in [1.807, 2.05) is 12.2 Å². The first kappa shape index (κ1) is 8.71. The summed E-state index contributed by atoms with van der Waals surface area (Å²) in [7, 11) is 0. The third-order valence-corrected chi connectivity index (χ3v) is 1.50. The Morgan fingerprint density at radius 2 is 2.42 bits per heavy atom. The zero-order valence-electron chi connectivity index (χ0n) is 6.73. The molecule has 0 aromatic rings. The lowest BCUT2D eigenvalue weighted by molar-refractivity contribution is -0.136. The minimum atomic E-state index is -0.818. The summed E-state index contributed by atoms with van der Waals surface area (Å²) in [4.78, 5) is 14.3. The Labute approximate surface area is 71.1 Å². The Bertz CT molecular complexity index is 251. The van der Waals surface area contributed by atoms with Crippen LogP contribution in [0.2, 0.25) is 0 Å². The lowest BCUT2D eigenvalue weighted by atomic mass is 10.1. The predicted octanol–water partition coefficient (Wildman–Crippen LogP) is 1.77. The van der Waals surface area contributed by atoms with E-state index >= 15 is 0 Å². The van der Waals surface area contributed by atoms with Crippen LogP contribution >= 0.6 is 0 Å². The zero-order valence-corrected chi connectivity index (χ0v) is 6.73. The highest BCUT2D eigenvalue weighted by Crippen LogP contribution is 2.07. The molecule has 0 radical (unpaired) electrons. The van der Waals surface area contributed by atoms with Crippen molar-refractivity contribution in [3.8, 4) is 0 Å². The SMILES string of the molecule is O=C(O)C/C1=C/N=CCCC=C1. The summed E-state index contributed by atoms with van der Waals surface area (Å²) in [5.41, 5.74) is 0.749. The summed E-state index contributed by atoms with van der Waals surface area (Å²) in [5, 5.41) is 8.50. The van der Waals surface area contributed by atoms with E-state index in [-0.39, 0.29) is 6.42 Å². The van der Waals surface area contributed by atoms with Gasteiger partial charge in [-0.15, -0.1) is 0 Å². The normalized spacial score (nSPS) is 20.8. The average molecular weight is 165 g/mol. The van der Waals surface area contributed by atoms with Crippen molar-refractivity contribution in [2.75, 3.05) is 0 Å². The molecule has 1 aliphatic heterocycles. The molecule has 3 heteroatoms. The summed E-state index contributed by atoms with van der Waals surface area (Å²) in [5.74, 6) is -0.818. The van der Waals surface area contributed by atoms with Gasteiger partial charge < -0.3 is 5.11 Å². The van der Waals surface area contributed by atoms with E-state index in [1.54, 1.807) is 12.4 Å². The van der Waals surface area contributed by atoms with Gasteiger partial charge in [-0.25, -0.2) is 0 Å². The summed E-state index contributed by atoms with van der Waals surface area (Å²) in [6.45, 7) is 0. The van der Waals surface area contributed by atoms with Gasteiger partial charge in [-0.3, -0.25) is 9.79 Å². The smallest absolute Gasteiger partial charge is 0.307 e. The van der Waals surface area contributed by atoms with E-state index in [0.717, 1.165) is 18.4 Å². The number of carbonyl (C=O) groups is 1. The first-order valence-corrected chi connectivity index (χ1v) is 3.88. The van der Waals surface area contributed by atoms with Crippen molar-refractivity contribution in [3.63, 3.8) is 0 Å². The summed E-state index contributed by atoms with van der Waals surface area (Å²) < 4.78 is 0. The Morgan fingerprint density at radius 1 is 1.58 bits per heavy atom. The van der Waals surface area contributed by atoms with Crippen LogP contribution < -0.4 is 0 Å². The molecule has 0 aromatic carbocycles. The van der Waals surface area contributed by atoms with Gasteiger partial charge in [0.2, 0.25) is 0 Å². The molecular weight excluding hydrogens is 154 g/mol. The van der Waals surface area contributed by atoms with Crippen LogP contribution in [0.25, 0.3) is 0 Å². The second kappa shape index (κ2) is 4.49. The second-order valence-electron chi connectivity index (χ2n) is 2.59. The minimum absolute atomic E-state index is 0.0494. The van der Waals surface area contributed by atoms with E-state index < -0.39 is 5.97 Å². The Hall–Kier alpha value is -1.38. The van der Waals surface area contributed by atoms with Crippen molar-refractivity contribution in [2.24, 2.45) is 4.99 Å². The van der Waals surface area contributed by atoms with Crippen LogP contribution in [0.1, 0.15) is 19.3 Å². The van der Waals surface area contributed by atoms with Gasteiger partial charge in [-0.2, -0.15) is 0 Å². The molecule has 0 saturated carbocycles. The highest BCUT2D eigenvalue weighted by molar-refractivity contribution is 5.71. The summed E-state index contributed by atoms with van der Waals surface area (Å²) in [6.07, 6.45) is 9.10. The molecule has 1 aliphatic rings. The van der Waals surface area contributed by atoms with Gasteiger partial charge in [-0.1, -0.05) is 12.2 Å². The van der Waals surface area contributed by atoms with Gasteiger partial charge in [0.25, 0.3) is 0 Å². The van der Waals surface area contributed by atoms with Crippen LogP contribution in [0.3, 0.4) is 0 Å². The highest BCUT2D eigenvalue weighted by atomic mass is 16.4. The van der Waals surface area contributed by atoms with E-state index in [0.29, 0.717) is 0 Å². The Morgan fingerprint density at radius 3 is 3.17 bits per heavy atom. The number of aliphatic carboxylic acids is 1. The third-order valence-electron chi connectivity index (χ3n) is 1.50. The van der Waals surface area contributed by atoms with E-state index in [9.17, 15) is 4.79 Å². The number of hydrogen-bond donors (Lipinski definition) is 1. The Balaban J connectivity index is 2.64. The van der Waals surface area contributed by atoms with Crippen LogP contribution in [-0.2, 0) is 4.79 Å². The van der Waals surface area contributed by atoms with Crippen molar-refractivity contribution in [3.05, 3.63) is 23.9 Å². The fraction of sp³-hybridized carbons (Fsp3) is 0.333. The van der Waals surface area contributed by atoms with Crippen molar-refractivity contribution in [2.45, 2.75) is 19.3 Å². The van der Waals surface area contributed by atoms with E-state index in [4.69, 9.17) is 5.11 Å². The van der Waals surface area contributed by atoms with E-state index in [2.05, 4.69) is 4.99 Å². The maximum absolute atomic E-state index is 10.3. The molecule has 0 amide bonds. The van der Waals surface area contributed by atoms with Crippen molar-refractivity contribution < 1.29 is 9.90 Å². The van der Waals surface area contributed by atoms with Gasteiger partial charge in [0.15, 0.2) is 0 Å². The number of aliphatic imine (C=N–C) groups is 1. The zero-order chi connectivity index (χ0) is 8.81. The molecule has 0 fully saturated rings. The second-order valence-corrected chi connectivity index (χ2v) is 2.59. The minimum Gasteiger partial charge on any atom is -0.481 e. The number of hydrogen-bond acceptors (Lipinski definition) is 2. The lowest BCUT2D eigenvalue weighted by Crippen LogP contribution is -1.96. The first-order chi connectivity index (χ1) is 5.79. The number of nitrogens with zero attached hydrogens (tertiary/aromatic N) is 1. The maximum atomic E-state index is 10.3. The van der Waals surface area contributed by atoms with Crippen molar-refractivity contribution in [1.29, 1.82) is 0 Å². The van der Waals surface area contributed by atoms with Crippen molar-refractivity contribution in [1.82, 2.24) is 0 Å². The van der Waals surface area contributed by atoms with Crippen molar-refractivity contribution >= 4 is 12.2 Å². The molecule has 0 aromatic heterocycles. The van der Waals surface area contributed by atoms with Gasteiger partial charge in [0.05, 0.1) is 6.42 Å². The summed E-state index contributed by atoms with van der Waals surface area (Å²) in [6, 6.07) is 0. The quantitative estimate of drug-likeness (QED) is 0.677. The fourth-order valence-corrected chi connectivity index (χ4v) is 0.951. The van der Waals surface area contributed by atoms with Crippen LogP contribution in [0.4, 0.5) is 0 Å². The van der Waals surface area contributed by atoms with Crippen LogP contribution in [0.5, 0.6) is 0 Å². The standard InChI is InChI=1S/C9H11NO2/c11-9(12)6-8-4-2-1-3-5-10-7-8/h2,4-5,7H,1,3,6H2,(H,11,12)/b4-2?,8-7+,10-5?. The number of carboxylic acids is 1. The number of carboxylic acid groups (broad SMARTS) is 1. The van der Waals surface area contributed by atoms with Gasteiger partial charge in [0, 0.05) is 12.4 Å². The molecule has 1 N–H and O–H groups in total. The molecule has 3 nitrogen and oxygen atoms in total. The molecule has 12 heavy (non-hydrogen) atoms. The topological polar surface area (TPSA) is 49.7 Å². The predicted molar refractivity (Wildman–Crippen MR) is 47.2 cm³/mol. The fourth-order valence-electron chi connectivity index (χ4n) is 0.951. The lowest BCUT2D eigenvalue weighted by Gasteiger charge is -1.97. The number of rotatable bonds is 2. The van der Waals surface area contributed by atoms with Crippen LogP contribution in [0, 0.1) is 0 Å². The monoisotopic (exact) mass is 165 g/mol. The maximum Gasteiger partial charge on any atom is 0.307 e. The van der Waals surface area contributed by atoms with Gasteiger partial charge in [0.1, 0.15) is 0 Å². The largest absolute Gasteiger partial charge is 0.481 e. The molecular formula is C9H11NO2. The van der Waals surface area contributed by atoms with Gasteiger partial charge in [-0.05, 0) is 18.4 Å². The average Bonchev–Trinajstić information content (AvgIpc) is 1.93. The molecule has 0 aliphatic carbocycles. The summed E-state index contributed by atoms with van der Waals surface area (Å²) >= 11 is 0. The van der Waals surface area contributed by atoms with Crippen LogP contribution in [-0.4, -0.2) is 17.3 Å². The molecule has 0 atom stereocenters. The highest BCUT2D eigenvalue weighted by Gasteiger charge is 2.00. The molecule has 0 unspecified atom stereocenters. The Kier molecular flexibility index (Phi) is 3.26. The van der Waals surface area contributed by atoms with Gasteiger partial charge >= 0.3 is 5.97 Å².